The molecular formula is C14H20N2O3. The fourth-order valence-corrected chi connectivity index (χ4v) is 1.61. The largest absolute Gasteiger partial charge is 0.465 e. The summed E-state index contributed by atoms with van der Waals surface area (Å²) in [7, 11) is 1.33. The first-order chi connectivity index (χ1) is 8.86. The number of benzene rings is 1. The number of aryl methyl sites for hydroxylation is 1. The van der Waals surface area contributed by atoms with Crippen molar-refractivity contribution in [1.29, 1.82) is 0 Å². The number of carbonyl (C=O) groups excluding carboxylic acids is 2. The van der Waals surface area contributed by atoms with Crippen molar-refractivity contribution in [2.45, 2.75) is 26.8 Å². The van der Waals surface area contributed by atoms with Crippen molar-refractivity contribution in [2.75, 3.05) is 12.4 Å². The predicted octanol–water partition coefficient (Wildman–Crippen LogP) is 1.70. The zero-order valence-corrected chi connectivity index (χ0v) is 11.7. The monoisotopic (exact) mass is 264 g/mol. The Kier molecular flexibility index (Phi) is 5.06. The van der Waals surface area contributed by atoms with Crippen molar-refractivity contribution >= 4 is 17.6 Å². The topological polar surface area (TPSA) is 81.4 Å². The van der Waals surface area contributed by atoms with Crippen LogP contribution in [-0.2, 0) is 9.53 Å². The molecule has 0 fully saturated rings. The standard InChI is InChI=1S/C14H20N2O3/c1-8(2)12(15)13(17)16-10-5-6-11(9(3)7-10)14(18)19-4/h5-8,12H,15H2,1-4H3,(H,16,17)/t12-/m0/s1. The maximum absolute atomic E-state index is 11.8. The summed E-state index contributed by atoms with van der Waals surface area (Å²) in [5.74, 6) is -0.565. The van der Waals surface area contributed by atoms with Crippen LogP contribution in [0.25, 0.3) is 0 Å². The smallest absolute Gasteiger partial charge is 0.338 e. The Hall–Kier alpha value is -1.88. The SMILES string of the molecule is COC(=O)c1ccc(NC(=O)[C@@H](N)C(C)C)cc1C. The third kappa shape index (κ3) is 3.79. The van der Waals surface area contributed by atoms with Crippen LogP contribution in [0.5, 0.6) is 0 Å². The summed E-state index contributed by atoms with van der Waals surface area (Å²) in [6.07, 6.45) is 0. The van der Waals surface area contributed by atoms with Gasteiger partial charge >= 0.3 is 5.97 Å². The molecule has 0 aliphatic rings. The highest BCUT2D eigenvalue weighted by atomic mass is 16.5. The van der Waals surface area contributed by atoms with Crippen molar-refractivity contribution in [3.63, 3.8) is 0 Å². The lowest BCUT2D eigenvalue weighted by molar-refractivity contribution is -0.118. The lowest BCUT2D eigenvalue weighted by Crippen LogP contribution is -2.39. The van der Waals surface area contributed by atoms with E-state index in [9.17, 15) is 9.59 Å². The molecule has 0 bridgehead atoms. The number of amides is 1. The van der Waals surface area contributed by atoms with E-state index in [2.05, 4.69) is 10.1 Å². The lowest BCUT2D eigenvalue weighted by atomic mass is 10.0. The van der Waals surface area contributed by atoms with Gasteiger partial charge in [-0.1, -0.05) is 13.8 Å². The summed E-state index contributed by atoms with van der Waals surface area (Å²) in [4.78, 5) is 23.2. The number of hydrogen-bond acceptors (Lipinski definition) is 4. The van der Waals surface area contributed by atoms with Crippen LogP contribution >= 0.6 is 0 Å². The van der Waals surface area contributed by atoms with E-state index in [1.54, 1.807) is 25.1 Å². The highest BCUT2D eigenvalue weighted by Crippen LogP contribution is 2.16. The van der Waals surface area contributed by atoms with Crippen molar-refractivity contribution in [1.82, 2.24) is 0 Å². The maximum atomic E-state index is 11.8. The Morgan fingerprint density at radius 2 is 1.95 bits per heavy atom. The van der Waals surface area contributed by atoms with Crippen LogP contribution in [0.3, 0.4) is 0 Å². The minimum absolute atomic E-state index is 0.0652. The van der Waals surface area contributed by atoms with Gasteiger partial charge in [-0.25, -0.2) is 4.79 Å². The van der Waals surface area contributed by atoms with E-state index in [1.165, 1.54) is 7.11 Å². The van der Waals surface area contributed by atoms with Crippen molar-refractivity contribution < 1.29 is 14.3 Å². The highest BCUT2D eigenvalue weighted by molar-refractivity contribution is 5.96. The van der Waals surface area contributed by atoms with E-state index in [0.717, 1.165) is 5.56 Å². The molecule has 0 heterocycles. The van der Waals surface area contributed by atoms with Gasteiger partial charge in [0.2, 0.25) is 5.91 Å². The molecule has 5 nitrogen and oxygen atoms in total. The van der Waals surface area contributed by atoms with Crippen LogP contribution in [0, 0.1) is 12.8 Å². The Bertz CT molecular complexity index is 484. The molecule has 1 amide bonds. The molecule has 0 unspecified atom stereocenters. The molecule has 0 aromatic heterocycles. The van der Waals surface area contributed by atoms with Gasteiger partial charge in [0.25, 0.3) is 0 Å². The van der Waals surface area contributed by atoms with Gasteiger partial charge in [0, 0.05) is 5.69 Å². The van der Waals surface area contributed by atoms with E-state index in [-0.39, 0.29) is 11.8 Å². The molecule has 1 rings (SSSR count). The van der Waals surface area contributed by atoms with Gasteiger partial charge in [-0.3, -0.25) is 4.79 Å². The van der Waals surface area contributed by atoms with Gasteiger partial charge < -0.3 is 15.8 Å². The van der Waals surface area contributed by atoms with Gasteiger partial charge in [0.1, 0.15) is 0 Å². The van der Waals surface area contributed by atoms with Crippen LogP contribution in [0.2, 0.25) is 0 Å². The van der Waals surface area contributed by atoms with E-state index < -0.39 is 12.0 Å². The first kappa shape index (κ1) is 15.2. The van der Waals surface area contributed by atoms with Gasteiger partial charge in [-0.15, -0.1) is 0 Å². The van der Waals surface area contributed by atoms with E-state index in [0.29, 0.717) is 11.3 Å². The molecular weight excluding hydrogens is 244 g/mol. The van der Waals surface area contributed by atoms with Gasteiger partial charge in [0.05, 0.1) is 18.7 Å². The van der Waals surface area contributed by atoms with E-state index >= 15 is 0 Å². The first-order valence-corrected chi connectivity index (χ1v) is 6.12. The normalized spacial score (nSPS) is 12.1. The quantitative estimate of drug-likeness (QED) is 0.811. The van der Waals surface area contributed by atoms with Crippen LogP contribution < -0.4 is 11.1 Å². The Morgan fingerprint density at radius 3 is 2.42 bits per heavy atom. The molecule has 104 valence electrons. The lowest BCUT2D eigenvalue weighted by Gasteiger charge is -2.16. The zero-order chi connectivity index (χ0) is 14.6. The highest BCUT2D eigenvalue weighted by Gasteiger charge is 2.17. The van der Waals surface area contributed by atoms with Crippen LogP contribution in [0.4, 0.5) is 5.69 Å². The molecule has 0 saturated carbocycles. The molecule has 0 spiro atoms. The second-order valence-electron chi connectivity index (χ2n) is 4.78. The fraction of sp³-hybridized carbons (Fsp3) is 0.429. The first-order valence-electron chi connectivity index (χ1n) is 6.12. The molecule has 0 saturated heterocycles. The fourth-order valence-electron chi connectivity index (χ4n) is 1.61. The molecule has 19 heavy (non-hydrogen) atoms. The molecule has 5 heteroatoms. The summed E-state index contributed by atoms with van der Waals surface area (Å²) < 4.78 is 4.66. The van der Waals surface area contributed by atoms with Crippen molar-refractivity contribution in [3.05, 3.63) is 29.3 Å². The number of carbonyl (C=O) groups is 2. The summed E-state index contributed by atoms with van der Waals surface area (Å²) in [6, 6.07) is 4.44. The molecule has 3 N–H and O–H groups in total. The Labute approximate surface area is 113 Å². The Balaban J connectivity index is 2.85. The molecule has 0 radical (unpaired) electrons. The molecule has 0 aliphatic heterocycles. The van der Waals surface area contributed by atoms with Crippen molar-refractivity contribution in [2.24, 2.45) is 11.7 Å². The number of methoxy groups -OCH3 is 1. The average Bonchev–Trinajstić information content (AvgIpc) is 2.36. The Morgan fingerprint density at radius 1 is 1.32 bits per heavy atom. The summed E-state index contributed by atoms with van der Waals surface area (Å²) in [6.45, 7) is 5.55. The van der Waals surface area contributed by atoms with Gasteiger partial charge in [-0.2, -0.15) is 0 Å². The third-order valence-corrected chi connectivity index (χ3v) is 2.92. The minimum Gasteiger partial charge on any atom is -0.465 e. The summed E-state index contributed by atoms with van der Waals surface area (Å²) >= 11 is 0. The van der Waals surface area contributed by atoms with Gasteiger partial charge in [-0.05, 0) is 36.6 Å². The van der Waals surface area contributed by atoms with Crippen LogP contribution in [0.15, 0.2) is 18.2 Å². The second kappa shape index (κ2) is 6.33. The van der Waals surface area contributed by atoms with Crippen LogP contribution in [0.1, 0.15) is 29.8 Å². The number of nitrogens with one attached hydrogen (secondary N) is 1. The number of hydrogen-bond donors (Lipinski definition) is 2. The number of esters is 1. The zero-order valence-electron chi connectivity index (χ0n) is 11.7. The van der Waals surface area contributed by atoms with Gasteiger partial charge in [0.15, 0.2) is 0 Å². The van der Waals surface area contributed by atoms with E-state index in [1.807, 2.05) is 13.8 Å². The summed E-state index contributed by atoms with van der Waals surface area (Å²) in [5.41, 5.74) is 7.60. The average molecular weight is 264 g/mol. The molecule has 0 aliphatic carbocycles. The second-order valence-corrected chi connectivity index (χ2v) is 4.78. The number of nitrogens with two attached hydrogens (primary N) is 1. The third-order valence-electron chi connectivity index (χ3n) is 2.92. The number of ether oxygens (including phenoxy) is 1. The minimum atomic E-state index is -0.555. The molecule has 1 atom stereocenters. The van der Waals surface area contributed by atoms with Crippen molar-refractivity contribution in [3.8, 4) is 0 Å². The predicted molar refractivity (Wildman–Crippen MR) is 74.0 cm³/mol. The molecule has 1 aromatic carbocycles. The van der Waals surface area contributed by atoms with E-state index in [4.69, 9.17) is 5.73 Å². The number of anilines is 1. The number of rotatable bonds is 4. The van der Waals surface area contributed by atoms with Crippen LogP contribution in [-0.4, -0.2) is 25.0 Å². The summed E-state index contributed by atoms with van der Waals surface area (Å²) in [5, 5.41) is 2.73. The molecule has 1 aromatic rings. The maximum Gasteiger partial charge on any atom is 0.338 e.